The first-order chi connectivity index (χ1) is 8.15. The summed E-state index contributed by atoms with van der Waals surface area (Å²) in [5, 5.41) is 1.33. The van der Waals surface area contributed by atoms with Crippen molar-refractivity contribution in [3.05, 3.63) is 33.8 Å². The zero-order chi connectivity index (χ0) is 12.3. The van der Waals surface area contributed by atoms with E-state index >= 15 is 0 Å². The number of hydrogen-bond donors (Lipinski definition) is 1. The SMILES string of the molecule is NC1CCC(OCc2ccc(Cl)cc2Cl)CC1. The van der Waals surface area contributed by atoms with Gasteiger partial charge in [-0.2, -0.15) is 0 Å². The van der Waals surface area contributed by atoms with E-state index in [1.807, 2.05) is 12.1 Å². The van der Waals surface area contributed by atoms with E-state index in [0.29, 0.717) is 28.8 Å². The van der Waals surface area contributed by atoms with Crippen molar-refractivity contribution in [2.75, 3.05) is 0 Å². The van der Waals surface area contributed by atoms with Gasteiger partial charge < -0.3 is 10.5 Å². The Bertz CT molecular complexity index is 376. The van der Waals surface area contributed by atoms with Crippen molar-refractivity contribution >= 4 is 23.2 Å². The largest absolute Gasteiger partial charge is 0.373 e. The number of nitrogens with two attached hydrogens (primary N) is 1. The normalized spacial score (nSPS) is 24.9. The van der Waals surface area contributed by atoms with Gasteiger partial charge in [0.2, 0.25) is 0 Å². The average Bonchev–Trinajstić information content (AvgIpc) is 2.30. The molecule has 1 aliphatic rings. The fourth-order valence-corrected chi connectivity index (χ4v) is 2.56. The minimum Gasteiger partial charge on any atom is -0.373 e. The van der Waals surface area contributed by atoms with E-state index in [9.17, 15) is 0 Å². The second-order valence-corrected chi connectivity index (χ2v) is 5.43. The van der Waals surface area contributed by atoms with Gasteiger partial charge in [-0.3, -0.25) is 0 Å². The first-order valence-corrected chi connectivity index (χ1v) is 6.72. The predicted molar refractivity (Wildman–Crippen MR) is 71.5 cm³/mol. The molecule has 2 nitrogen and oxygen atoms in total. The summed E-state index contributed by atoms with van der Waals surface area (Å²) in [5.74, 6) is 0. The molecule has 1 aromatic rings. The topological polar surface area (TPSA) is 35.2 Å². The van der Waals surface area contributed by atoms with Gasteiger partial charge in [-0.05, 0) is 43.4 Å². The van der Waals surface area contributed by atoms with Crippen LogP contribution in [0.4, 0.5) is 0 Å². The molecular formula is C13H17Cl2NO. The highest BCUT2D eigenvalue weighted by atomic mass is 35.5. The van der Waals surface area contributed by atoms with Crippen LogP contribution in [0.5, 0.6) is 0 Å². The smallest absolute Gasteiger partial charge is 0.0735 e. The second kappa shape index (κ2) is 6.05. The molecule has 0 bridgehead atoms. The predicted octanol–water partition coefficient (Wildman–Crippen LogP) is 3.78. The van der Waals surface area contributed by atoms with E-state index in [0.717, 1.165) is 31.2 Å². The highest BCUT2D eigenvalue weighted by molar-refractivity contribution is 6.35. The molecule has 2 N–H and O–H groups in total. The number of hydrogen-bond acceptors (Lipinski definition) is 2. The van der Waals surface area contributed by atoms with Crippen molar-refractivity contribution < 1.29 is 4.74 Å². The van der Waals surface area contributed by atoms with Crippen LogP contribution < -0.4 is 5.73 Å². The Labute approximate surface area is 112 Å². The second-order valence-electron chi connectivity index (χ2n) is 4.58. The molecule has 0 radical (unpaired) electrons. The number of benzene rings is 1. The first kappa shape index (κ1) is 13.2. The Morgan fingerprint density at radius 1 is 1.18 bits per heavy atom. The molecule has 0 atom stereocenters. The molecule has 1 saturated carbocycles. The van der Waals surface area contributed by atoms with E-state index in [2.05, 4.69) is 0 Å². The van der Waals surface area contributed by atoms with Crippen LogP contribution in [0.15, 0.2) is 18.2 Å². The molecule has 1 aromatic carbocycles. The van der Waals surface area contributed by atoms with Gasteiger partial charge in [0.25, 0.3) is 0 Å². The summed E-state index contributed by atoms with van der Waals surface area (Å²) in [5.41, 5.74) is 6.85. The maximum Gasteiger partial charge on any atom is 0.0735 e. The van der Waals surface area contributed by atoms with Crippen LogP contribution in [0.2, 0.25) is 10.0 Å². The van der Waals surface area contributed by atoms with Gasteiger partial charge in [0.15, 0.2) is 0 Å². The quantitative estimate of drug-likeness (QED) is 0.910. The van der Waals surface area contributed by atoms with Crippen LogP contribution in [0.3, 0.4) is 0 Å². The molecule has 17 heavy (non-hydrogen) atoms. The molecule has 1 aliphatic carbocycles. The monoisotopic (exact) mass is 273 g/mol. The third-order valence-corrected chi connectivity index (χ3v) is 3.80. The number of halogens is 2. The summed E-state index contributed by atoms with van der Waals surface area (Å²) in [6.07, 6.45) is 4.53. The van der Waals surface area contributed by atoms with E-state index in [1.165, 1.54) is 0 Å². The molecule has 1 fully saturated rings. The van der Waals surface area contributed by atoms with E-state index in [1.54, 1.807) is 6.07 Å². The highest BCUT2D eigenvalue weighted by Crippen LogP contribution is 2.25. The third-order valence-electron chi connectivity index (χ3n) is 3.21. The molecule has 0 spiro atoms. The fraction of sp³-hybridized carbons (Fsp3) is 0.538. The number of rotatable bonds is 3. The summed E-state index contributed by atoms with van der Waals surface area (Å²) in [6, 6.07) is 5.86. The molecule has 4 heteroatoms. The molecule has 0 unspecified atom stereocenters. The van der Waals surface area contributed by atoms with E-state index < -0.39 is 0 Å². The van der Waals surface area contributed by atoms with Gasteiger partial charge in [0.1, 0.15) is 0 Å². The molecule has 0 amide bonds. The lowest BCUT2D eigenvalue weighted by molar-refractivity contribution is 0.0138. The Hall–Kier alpha value is -0.280. The Morgan fingerprint density at radius 3 is 2.53 bits per heavy atom. The van der Waals surface area contributed by atoms with Crippen molar-refractivity contribution in [2.45, 2.75) is 44.4 Å². The van der Waals surface area contributed by atoms with Crippen LogP contribution in [0, 0.1) is 0 Å². The maximum atomic E-state index is 6.09. The van der Waals surface area contributed by atoms with Crippen LogP contribution in [0.1, 0.15) is 31.2 Å². The molecular weight excluding hydrogens is 257 g/mol. The summed E-state index contributed by atoms with van der Waals surface area (Å²) < 4.78 is 5.85. The summed E-state index contributed by atoms with van der Waals surface area (Å²) in [6.45, 7) is 0.551. The van der Waals surface area contributed by atoms with E-state index in [-0.39, 0.29) is 0 Å². The third kappa shape index (κ3) is 3.85. The van der Waals surface area contributed by atoms with E-state index in [4.69, 9.17) is 33.7 Å². The van der Waals surface area contributed by atoms with Crippen molar-refractivity contribution in [1.29, 1.82) is 0 Å². The minimum absolute atomic E-state index is 0.321. The lowest BCUT2D eigenvalue weighted by Gasteiger charge is -2.26. The van der Waals surface area contributed by atoms with Gasteiger partial charge in [0.05, 0.1) is 12.7 Å². The van der Waals surface area contributed by atoms with Crippen molar-refractivity contribution in [3.63, 3.8) is 0 Å². The van der Waals surface area contributed by atoms with Gasteiger partial charge in [-0.1, -0.05) is 29.3 Å². The Kier molecular flexibility index (Phi) is 4.69. The molecule has 0 aliphatic heterocycles. The number of ether oxygens (including phenoxy) is 1. The molecule has 0 aromatic heterocycles. The lowest BCUT2D eigenvalue weighted by Crippen LogP contribution is -2.30. The Balaban J connectivity index is 1.85. The van der Waals surface area contributed by atoms with Gasteiger partial charge >= 0.3 is 0 Å². The average molecular weight is 274 g/mol. The Morgan fingerprint density at radius 2 is 1.88 bits per heavy atom. The van der Waals surface area contributed by atoms with Crippen molar-refractivity contribution in [1.82, 2.24) is 0 Å². The van der Waals surface area contributed by atoms with Crippen molar-refractivity contribution in [2.24, 2.45) is 5.73 Å². The first-order valence-electron chi connectivity index (χ1n) is 5.96. The van der Waals surface area contributed by atoms with Crippen molar-refractivity contribution in [3.8, 4) is 0 Å². The van der Waals surface area contributed by atoms with Crippen LogP contribution >= 0.6 is 23.2 Å². The van der Waals surface area contributed by atoms with Crippen LogP contribution in [0.25, 0.3) is 0 Å². The molecule has 0 heterocycles. The van der Waals surface area contributed by atoms with Gasteiger partial charge in [0, 0.05) is 16.1 Å². The van der Waals surface area contributed by atoms with Crippen LogP contribution in [-0.4, -0.2) is 12.1 Å². The standard InChI is InChI=1S/C13H17Cl2NO/c14-10-2-1-9(13(15)7-10)8-17-12-5-3-11(16)4-6-12/h1-2,7,11-12H,3-6,8,16H2. The summed E-state index contributed by atoms with van der Waals surface area (Å²) in [4.78, 5) is 0. The minimum atomic E-state index is 0.321. The molecule has 94 valence electrons. The summed E-state index contributed by atoms with van der Waals surface area (Å²) in [7, 11) is 0. The van der Waals surface area contributed by atoms with Gasteiger partial charge in [-0.15, -0.1) is 0 Å². The maximum absolute atomic E-state index is 6.09. The van der Waals surface area contributed by atoms with Crippen LogP contribution in [-0.2, 0) is 11.3 Å². The van der Waals surface area contributed by atoms with Gasteiger partial charge in [-0.25, -0.2) is 0 Å². The molecule has 2 rings (SSSR count). The molecule has 0 saturated heterocycles. The zero-order valence-corrected chi connectivity index (χ0v) is 11.2. The fourth-order valence-electron chi connectivity index (χ4n) is 2.10. The summed E-state index contributed by atoms with van der Waals surface area (Å²) >= 11 is 11.9. The zero-order valence-electron chi connectivity index (χ0n) is 9.66. The highest BCUT2D eigenvalue weighted by Gasteiger charge is 2.19. The lowest BCUT2D eigenvalue weighted by atomic mass is 9.94.